The van der Waals surface area contributed by atoms with Crippen LogP contribution in [0.1, 0.15) is 20.7 Å². The number of carbonyl (C=O) groups excluding carboxylic acids is 3. The van der Waals surface area contributed by atoms with Crippen molar-refractivity contribution in [3.05, 3.63) is 90.0 Å². The van der Waals surface area contributed by atoms with E-state index >= 15 is 0 Å². The number of hydrogen-bond acceptors (Lipinski definition) is 5. The van der Waals surface area contributed by atoms with Crippen molar-refractivity contribution in [1.82, 2.24) is 10.6 Å². The van der Waals surface area contributed by atoms with Gasteiger partial charge >= 0.3 is 0 Å². The van der Waals surface area contributed by atoms with Crippen molar-refractivity contribution in [1.29, 1.82) is 0 Å². The molecule has 0 saturated carbocycles. The second kappa shape index (κ2) is 11.9. The summed E-state index contributed by atoms with van der Waals surface area (Å²) >= 11 is 0. The van der Waals surface area contributed by atoms with Crippen molar-refractivity contribution in [2.75, 3.05) is 32.1 Å². The van der Waals surface area contributed by atoms with Gasteiger partial charge in [-0.2, -0.15) is 0 Å². The fourth-order valence-electron chi connectivity index (χ4n) is 2.93. The minimum Gasteiger partial charge on any atom is -0.493 e. The Balaban J connectivity index is 1.40. The first-order valence-electron chi connectivity index (χ1n) is 10.3. The summed E-state index contributed by atoms with van der Waals surface area (Å²) < 4.78 is 10.7. The number of ether oxygens (including phenoxy) is 2. The maximum absolute atomic E-state index is 12.3. The number of amides is 3. The van der Waals surface area contributed by atoms with E-state index in [4.69, 9.17) is 9.47 Å². The normalized spacial score (nSPS) is 10.1. The third-order valence-electron chi connectivity index (χ3n) is 4.59. The number of anilines is 1. The number of carbonyl (C=O) groups is 3. The molecular weight excluding hydrogens is 422 g/mol. The van der Waals surface area contributed by atoms with E-state index in [1.807, 2.05) is 12.1 Å². The number of nitrogens with one attached hydrogen (secondary N) is 3. The Kier molecular flexibility index (Phi) is 8.41. The molecule has 0 atom stereocenters. The molecule has 8 nitrogen and oxygen atoms in total. The number of rotatable bonds is 10. The van der Waals surface area contributed by atoms with E-state index in [0.717, 1.165) is 0 Å². The standard InChI is InChI=1S/C25H25N3O5/c1-32-21-9-5-6-10-22(21)33-17-23(29)28-20-13-11-19(12-14-20)25(31)27-16-15-26-24(30)18-7-3-2-4-8-18/h2-14H,15-17H2,1H3,(H,26,30)(H,27,31)(H,28,29). The zero-order chi connectivity index (χ0) is 23.5. The summed E-state index contributed by atoms with van der Waals surface area (Å²) in [6.45, 7) is 0.410. The van der Waals surface area contributed by atoms with Crippen LogP contribution in [0.5, 0.6) is 11.5 Å². The molecule has 170 valence electrons. The molecule has 0 radical (unpaired) electrons. The molecule has 3 aromatic carbocycles. The van der Waals surface area contributed by atoms with E-state index < -0.39 is 0 Å². The Labute approximate surface area is 191 Å². The molecule has 8 heteroatoms. The summed E-state index contributed by atoms with van der Waals surface area (Å²) in [5.74, 6) is 0.204. The molecule has 3 N–H and O–H groups in total. The number of methoxy groups -OCH3 is 1. The van der Waals surface area contributed by atoms with Crippen LogP contribution in [0.25, 0.3) is 0 Å². The van der Waals surface area contributed by atoms with Crippen LogP contribution in [0.4, 0.5) is 5.69 Å². The molecule has 0 fully saturated rings. The lowest BCUT2D eigenvalue weighted by Gasteiger charge is -2.11. The van der Waals surface area contributed by atoms with Gasteiger partial charge in [0.2, 0.25) is 0 Å². The van der Waals surface area contributed by atoms with Crippen LogP contribution in [0, 0.1) is 0 Å². The molecule has 0 aliphatic heterocycles. The van der Waals surface area contributed by atoms with Crippen LogP contribution in [0.3, 0.4) is 0 Å². The van der Waals surface area contributed by atoms with E-state index in [9.17, 15) is 14.4 Å². The Morgan fingerprint density at radius 1 is 0.697 bits per heavy atom. The minimum absolute atomic E-state index is 0.183. The van der Waals surface area contributed by atoms with Crippen molar-refractivity contribution in [2.24, 2.45) is 0 Å². The Bertz CT molecular complexity index is 1080. The van der Waals surface area contributed by atoms with Gasteiger partial charge in [0.05, 0.1) is 7.11 Å². The predicted molar refractivity (Wildman–Crippen MR) is 125 cm³/mol. The smallest absolute Gasteiger partial charge is 0.262 e. The molecule has 0 heterocycles. The summed E-state index contributed by atoms with van der Waals surface area (Å²) in [6.07, 6.45) is 0. The van der Waals surface area contributed by atoms with Crippen molar-refractivity contribution >= 4 is 23.4 Å². The molecule has 0 unspecified atom stereocenters. The molecular formula is C25H25N3O5. The zero-order valence-corrected chi connectivity index (χ0v) is 18.2. The number of benzene rings is 3. The van der Waals surface area contributed by atoms with Gasteiger partial charge in [0.15, 0.2) is 18.1 Å². The van der Waals surface area contributed by atoms with Gasteiger partial charge in [-0.3, -0.25) is 14.4 Å². The lowest BCUT2D eigenvalue weighted by molar-refractivity contribution is -0.118. The number of para-hydroxylation sites is 2. The molecule has 33 heavy (non-hydrogen) atoms. The highest BCUT2D eigenvalue weighted by Crippen LogP contribution is 2.25. The van der Waals surface area contributed by atoms with Crippen LogP contribution in [-0.4, -0.2) is 44.5 Å². The molecule has 0 aliphatic rings. The lowest BCUT2D eigenvalue weighted by atomic mass is 10.2. The molecule has 0 saturated heterocycles. The quantitative estimate of drug-likeness (QED) is 0.415. The monoisotopic (exact) mass is 447 g/mol. The summed E-state index contributed by atoms with van der Waals surface area (Å²) in [4.78, 5) is 36.4. The summed E-state index contributed by atoms with van der Waals surface area (Å²) in [5.41, 5.74) is 1.54. The van der Waals surface area contributed by atoms with Crippen LogP contribution in [0.2, 0.25) is 0 Å². The average molecular weight is 447 g/mol. The Morgan fingerprint density at radius 3 is 1.85 bits per heavy atom. The highest BCUT2D eigenvalue weighted by atomic mass is 16.5. The third kappa shape index (κ3) is 7.10. The van der Waals surface area contributed by atoms with Gasteiger partial charge in [0, 0.05) is 29.9 Å². The molecule has 0 aromatic heterocycles. The second-order valence-electron chi connectivity index (χ2n) is 6.94. The molecule has 3 aromatic rings. The van der Waals surface area contributed by atoms with Gasteiger partial charge in [-0.05, 0) is 48.5 Å². The topological polar surface area (TPSA) is 106 Å². The Morgan fingerprint density at radius 2 is 1.24 bits per heavy atom. The molecule has 0 aliphatic carbocycles. The van der Waals surface area contributed by atoms with Gasteiger partial charge in [0.1, 0.15) is 0 Å². The van der Waals surface area contributed by atoms with Crippen LogP contribution >= 0.6 is 0 Å². The van der Waals surface area contributed by atoms with E-state index in [1.54, 1.807) is 66.7 Å². The third-order valence-corrected chi connectivity index (χ3v) is 4.59. The highest BCUT2D eigenvalue weighted by molar-refractivity contribution is 5.96. The van der Waals surface area contributed by atoms with Gasteiger partial charge in [-0.1, -0.05) is 30.3 Å². The summed E-state index contributed by atoms with van der Waals surface area (Å²) in [6, 6.07) is 22.4. The molecule has 0 bridgehead atoms. The van der Waals surface area contributed by atoms with E-state index in [2.05, 4.69) is 16.0 Å². The van der Waals surface area contributed by atoms with Gasteiger partial charge in [-0.25, -0.2) is 0 Å². The maximum atomic E-state index is 12.3. The van der Waals surface area contributed by atoms with Crippen molar-refractivity contribution in [3.63, 3.8) is 0 Å². The van der Waals surface area contributed by atoms with Crippen LogP contribution < -0.4 is 25.4 Å². The fourth-order valence-corrected chi connectivity index (χ4v) is 2.93. The summed E-state index contributed by atoms with van der Waals surface area (Å²) in [5, 5.41) is 8.20. The SMILES string of the molecule is COc1ccccc1OCC(=O)Nc1ccc(C(=O)NCCNC(=O)c2ccccc2)cc1. The lowest BCUT2D eigenvalue weighted by Crippen LogP contribution is -2.34. The molecule has 3 amide bonds. The van der Waals surface area contributed by atoms with Crippen molar-refractivity contribution in [3.8, 4) is 11.5 Å². The first-order chi connectivity index (χ1) is 16.1. The number of hydrogen-bond donors (Lipinski definition) is 3. The van der Waals surface area contributed by atoms with Gasteiger partial charge in [0.25, 0.3) is 17.7 Å². The van der Waals surface area contributed by atoms with E-state index in [0.29, 0.717) is 34.9 Å². The first-order valence-corrected chi connectivity index (χ1v) is 10.3. The highest BCUT2D eigenvalue weighted by Gasteiger charge is 2.09. The van der Waals surface area contributed by atoms with Crippen molar-refractivity contribution < 1.29 is 23.9 Å². The molecule has 0 spiro atoms. The second-order valence-corrected chi connectivity index (χ2v) is 6.94. The fraction of sp³-hybridized carbons (Fsp3) is 0.160. The largest absolute Gasteiger partial charge is 0.493 e. The zero-order valence-electron chi connectivity index (χ0n) is 18.2. The molecule has 3 rings (SSSR count). The van der Waals surface area contributed by atoms with E-state index in [-0.39, 0.29) is 30.9 Å². The van der Waals surface area contributed by atoms with Crippen molar-refractivity contribution in [2.45, 2.75) is 0 Å². The van der Waals surface area contributed by atoms with E-state index in [1.165, 1.54) is 7.11 Å². The van der Waals surface area contributed by atoms with Gasteiger partial charge < -0.3 is 25.4 Å². The van der Waals surface area contributed by atoms with Gasteiger partial charge in [-0.15, -0.1) is 0 Å². The van der Waals surface area contributed by atoms with Crippen LogP contribution in [-0.2, 0) is 4.79 Å². The Hall–Kier alpha value is -4.33. The predicted octanol–water partition coefficient (Wildman–Crippen LogP) is 2.87. The average Bonchev–Trinajstić information content (AvgIpc) is 2.86. The summed E-state index contributed by atoms with van der Waals surface area (Å²) in [7, 11) is 1.53. The minimum atomic E-state index is -0.340. The first kappa shape index (κ1) is 23.3. The maximum Gasteiger partial charge on any atom is 0.262 e. The van der Waals surface area contributed by atoms with Crippen LogP contribution in [0.15, 0.2) is 78.9 Å².